The molecule has 1 unspecified atom stereocenters. The summed E-state index contributed by atoms with van der Waals surface area (Å²) in [6.45, 7) is 4.80. The predicted octanol–water partition coefficient (Wildman–Crippen LogP) is 3.61. The van der Waals surface area contributed by atoms with Crippen LogP contribution in [0.5, 0.6) is 0 Å². The van der Waals surface area contributed by atoms with Crippen molar-refractivity contribution in [1.82, 2.24) is 5.32 Å². The Bertz CT molecular complexity index is 441. The van der Waals surface area contributed by atoms with E-state index in [1.807, 2.05) is 20.0 Å². The first-order chi connectivity index (χ1) is 9.61. The summed E-state index contributed by atoms with van der Waals surface area (Å²) in [6.07, 6.45) is 5.60. The van der Waals surface area contributed by atoms with E-state index in [-0.39, 0.29) is 17.5 Å². The van der Waals surface area contributed by atoms with Gasteiger partial charge in [-0.25, -0.2) is 4.39 Å². The zero-order valence-electron chi connectivity index (χ0n) is 12.8. The molecule has 0 aliphatic heterocycles. The fraction of sp³-hybridized carbons (Fsp3) is 0.647. The van der Waals surface area contributed by atoms with Crippen LogP contribution in [0, 0.1) is 12.7 Å². The standard InChI is InChI=1S/C17H26FNO/c1-4-20-17(9-5-6-10-17)16(19-3)12-14-7-8-15(18)11-13(14)2/h7-8,11,16,19H,4-6,9-10,12H2,1-3H3. The number of ether oxygens (including phenoxy) is 1. The second-order valence-electron chi connectivity index (χ2n) is 5.82. The smallest absolute Gasteiger partial charge is 0.123 e. The van der Waals surface area contributed by atoms with Crippen LogP contribution in [-0.2, 0) is 11.2 Å². The van der Waals surface area contributed by atoms with Crippen LogP contribution in [0.2, 0.25) is 0 Å². The van der Waals surface area contributed by atoms with E-state index in [1.165, 1.54) is 18.4 Å². The van der Waals surface area contributed by atoms with Crippen molar-refractivity contribution in [3.8, 4) is 0 Å². The molecule has 20 heavy (non-hydrogen) atoms. The number of halogens is 1. The number of nitrogens with one attached hydrogen (secondary N) is 1. The monoisotopic (exact) mass is 279 g/mol. The minimum Gasteiger partial charge on any atom is -0.374 e. The molecule has 0 radical (unpaired) electrons. The molecule has 3 heteroatoms. The summed E-state index contributed by atoms with van der Waals surface area (Å²) in [4.78, 5) is 0. The largest absolute Gasteiger partial charge is 0.374 e. The third-order valence-corrected chi connectivity index (χ3v) is 4.59. The summed E-state index contributed by atoms with van der Waals surface area (Å²) in [5.74, 6) is -0.160. The first kappa shape index (κ1) is 15.5. The molecule has 1 aliphatic rings. The Morgan fingerprint density at radius 3 is 2.60 bits per heavy atom. The lowest BCUT2D eigenvalue weighted by atomic mass is 9.86. The molecule has 1 N–H and O–H groups in total. The molecule has 0 bridgehead atoms. The molecule has 1 atom stereocenters. The summed E-state index contributed by atoms with van der Waals surface area (Å²) in [6, 6.07) is 5.36. The van der Waals surface area contributed by atoms with Crippen molar-refractivity contribution >= 4 is 0 Å². The molecule has 0 aromatic heterocycles. The van der Waals surface area contributed by atoms with Gasteiger partial charge in [0.15, 0.2) is 0 Å². The fourth-order valence-electron chi connectivity index (χ4n) is 3.51. The van der Waals surface area contributed by atoms with Gasteiger partial charge in [-0.05, 0) is 63.4 Å². The number of benzene rings is 1. The Labute approximate surface area is 121 Å². The van der Waals surface area contributed by atoms with Gasteiger partial charge in [0.05, 0.1) is 5.60 Å². The van der Waals surface area contributed by atoms with Gasteiger partial charge in [-0.15, -0.1) is 0 Å². The molecule has 1 aromatic carbocycles. The molecule has 1 aromatic rings. The molecule has 0 heterocycles. The quantitative estimate of drug-likeness (QED) is 0.859. The fourth-order valence-corrected chi connectivity index (χ4v) is 3.51. The second kappa shape index (κ2) is 6.68. The van der Waals surface area contributed by atoms with E-state index in [0.29, 0.717) is 0 Å². The molecule has 2 nitrogen and oxygen atoms in total. The van der Waals surface area contributed by atoms with E-state index in [4.69, 9.17) is 4.74 Å². The van der Waals surface area contributed by atoms with Crippen LogP contribution in [0.25, 0.3) is 0 Å². The highest BCUT2D eigenvalue weighted by Gasteiger charge is 2.41. The summed E-state index contributed by atoms with van der Waals surface area (Å²) in [5, 5.41) is 3.44. The zero-order chi connectivity index (χ0) is 14.6. The van der Waals surface area contributed by atoms with E-state index in [9.17, 15) is 4.39 Å². The maximum Gasteiger partial charge on any atom is 0.123 e. The van der Waals surface area contributed by atoms with Crippen LogP contribution >= 0.6 is 0 Å². The van der Waals surface area contributed by atoms with Crippen molar-refractivity contribution in [2.45, 2.75) is 57.6 Å². The Kier molecular flexibility index (Phi) is 5.17. The zero-order valence-corrected chi connectivity index (χ0v) is 12.8. The highest BCUT2D eigenvalue weighted by molar-refractivity contribution is 5.28. The van der Waals surface area contributed by atoms with Gasteiger partial charge in [0.25, 0.3) is 0 Å². The Hall–Kier alpha value is -0.930. The molecule has 0 saturated heterocycles. The minimum absolute atomic E-state index is 0.0513. The Morgan fingerprint density at radius 2 is 2.05 bits per heavy atom. The number of likely N-dealkylation sites (N-methyl/N-ethyl adjacent to an activating group) is 1. The van der Waals surface area contributed by atoms with Crippen molar-refractivity contribution in [3.63, 3.8) is 0 Å². The normalized spacial score (nSPS) is 19.2. The second-order valence-corrected chi connectivity index (χ2v) is 5.82. The van der Waals surface area contributed by atoms with Gasteiger partial charge in [-0.3, -0.25) is 0 Å². The summed E-state index contributed by atoms with van der Waals surface area (Å²) in [5.41, 5.74) is 2.18. The first-order valence-corrected chi connectivity index (χ1v) is 7.67. The van der Waals surface area contributed by atoms with Gasteiger partial charge in [0.1, 0.15) is 5.82 Å². The van der Waals surface area contributed by atoms with Crippen molar-refractivity contribution in [3.05, 3.63) is 35.1 Å². The third kappa shape index (κ3) is 3.21. The van der Waals surface area contributed by atoms with Crippen LogP contribution in [0.15, 0.2) is 18.2 Å². The van der Waals surface area contributed by atoms with Crippen molar-refractivity contribution in [2.75, 3.05) is 13.7 Å². The summed E-state index contributed by atoms with van der Waals surface area (Å²) < 4.78 is 19.4. The number of hydrogen-bond donors (Lipinski definition) is 1. The molecule has 0 amide bonds. The third-order valence-electron chi connectivity index (χ3n) is 4.59. The number of aryl methyl sites for hydroxylation is 1. The van der Waals surface area contributed by atoms with E-state index in [0.717, 1.165) is 31.4 Å². The topological polar surface area (TPSA) is 21.3 Å². The minimum atomic E-state index is -0.160. The van der Waals surface area contributed by atoms with Gasteiger partial charge in [-0.2, -0.15) is 0 Å². The molecule has 1 aliphatic carbocycles. The summed E-state index contributed by atoms with van der Waals surface area (Å²) >= 11 is 0. The molecule has 1 saturated carbocycles. The lowest BCUT2D eigenvalue weighted by Gasteiger charge is -2.37. The van der Waals surface area contributed by atoms with Gasteiger partial charge >= 0.3 is 0 Å². The summed E-state index contributed by atoms with van der Waals surface area (Å²) in [7, 11) is 2.00. The van der Waals surface area contributed by atoms with E-state index in [1.54, 1.807) is 12.1 Å². The first-order valence-electron chi connectivity index (χ1n) is 7.67. The van der Waals surface area contributed by atoms with Gasteiger partial charge in [-0.1, -0.05) is 18.9 Å². The molecule has 1 fully saturated rings. The SMILES string of the molecule is CCOC1(C(Cc2ccc(F)cc2C)NC)CCCC1. The number of hydrogen-bond acceptors (Lipinski definition) is 2. The average molecular weight is 279 g/mol. The predicted molar refractivity (Wildman–Crippen MR) is 80.5 cm³/mol. The highest BCUT2D eigenvalue weighted by atomic mass is 19.1. The number of rotatable bonds is 6. The highest BCUT2D eigenvalue weighted by Crippen LogP contribution is 2.37. The van der Waals surface area contributed by atoms with Gasteiger partial charge in [0.2, 0.25) is 0 Å². The van der Waals surface area contributed by atoms with E-state index >= 15 is 0 Å². The maximum absolute atomic E-state index is 13.2. The van der Waals surface area contributed by atoms with Gasteiger partial charge < -0.3 is 10.1 Å². The van der Waals surface area contributed by atoms with Crippen LogP contribution in [-0.4, -0.2) is 25.3 Å². The lowest BCUT2D eigenvalue weighted by molar-refractivity contribution is -0.0597. The average Bonchev–Trinajstić information content (AvgIpc) is 2.88. The van der Waals surface area contributed by atoms with Crippen molar-refractivity contribution in [1.29, 1.82) is 0 Å². The van der Waals surface area contributed by atoms with Crippen LogP contribution in [0.3, 0.4) is 0 Å². The van der Waals surface area contributed by atoms with Crippen LogP contribution < -0.4 is 5.32 Å². The molecular formula is C17H26FNO. The Morgan fingerprint density at radius 1 is 1.35 bits per heavy atom. The Balaban J connectivity index is 2.18. The molecule has 2 rings (SSSR count). The van der Waals surface area contributed by atoms with Crippen molar-refractivity contribution in [2.24, 2.45) is 0 Å². The molecular weight excluding hydrogens is 253 g/mol. The van der Waals surface area contributed by atoms with Crippen LogP contribution in [0.4, 0.5) is 4.39 Å². The lowest BCUT2D eigenvalue weighted by Crippen LogP contribution is -2.51. The molecule has 0 spiro atoms. The van der Waals surface area contributed by atoms with Crippen LogP contribution in [0.1, 0.15) is 43.7 Å². The van der Waals surface area contributed by atoms with Crippen molar-refractivity contribution < 1.29 is 9.13 Å². The van der Waals surface area contributed by atoms with E-state index < -0.39 is 0 Å². The molecule has 112 valence electrons. The maximum atomic E-state index is 13.2. The van der Waals surface area contributed by atoms with E-state index in [2.05, 4.69) is 12.2 Å². The van der Waals surface area contributed by atoms with Gasteiger partial charge in [0, 0.05) is 12.6 Å².